The maximum atomic E-state index is 11.5. The first kappa shape index (κ1) is 16.3. The number of nitrogens with one attached hydrogen (secondary N) is 1. The molecular weight excluding hydrogens is 286 g/mol. The summed E-state index contributed by atoms with van der Waals surface area (Å²) in [6.45, 7) is 9.26. The Balaban J connectivity index is 1.92. The third-order valence-electron chi connectivity index (χ3n) is 4.03. The Morgan fingerprint density at radius 2 is 2.05 bits per heavy atom. The van der Waals surface area contributed by atoms with Gasteiger partial charge in [0, 0.05) is 19.6 Å². The van der Waals surface area contributed by atoms with Gasteiger partial charge in [-0.25, -0.2) is 13.4 Å². The summed E-state index contributed by atoms with van der Waals surface area (Å²) in [7, 11) is -2.80. The molecule has 1 N–H and O–H groups in total. The van der Waals surface area contributed by atoms with Gasteiger partial charge in [-0.1, -0.05) is 12.2 Å². The lowest BCUT2D eigenvalue weighted by Gasteiger charge is -2.30. The second kappa shape index (κ2) is 7.29. The molecule has 0 bridgehead atoms. The van der Waals surface area contributed by atoms with Gasteiger partial charge in [-0.15, -0.1) is 0 Å². The van der Waals surface area contributed by atoms with Gasteiger partial charge in [-0.05, 0) is 38.5 Å². The van der Waals surface area contributed by atoms with Gasteiger partial charge in [0.1, 0.15) is 0 Å². The van der Waals surface area contributed by atoms with Gasteiger partial charge in [-0.2, -0.15) is 0 Å². The molecule has 2 fully saturated rings. The Bertz CT molecular complexity index is 493. The van der Waals surface area contributed by atoms with Crippen LogP contribution >= 0.6 is 0 Å². The predicted octanol–water partition coefficient (Wildman–Crippen LogP) is 1.43. The molecule has 0 saturated carbocycles. The smallest absolute Gasteiger partial charge is 0.194 e. The SMILES string of the molecule is C=C(C)CN=C(NCC1CCS(=O)(=O)C1)N1CCCCC1. The number of rotatable bonds is 4. The van der Waals surface area contributed by atoms with E-state index in [9.17, 15) is 8.42 Å². The third-order valence-corrected chi connectivity index (χ3v) is 5.87. The van der Waals surface area contributed by atoms with Crippen LogP contribution in [-0.2, 0) is 9.84 Å². The predicted molar refractivity (Wildman–Crippen MR) is 87.3 cm³/mol. The van der Waals surface area contributed by atoms with Crippen LogP contribution in [0.3, 0.4) is 0 Å². The van der Waals surface area contributed by atoms with Crippen molar-refractivity contribution in [2.75, 3.05) is 37.7 Å². The molecule has 5 nitrogen and oxygen atoms in total. The minimum absolute atomic E-state index is 0.217. The highest BCUT2D eigenvalue weighted by Crippen LogP contribution is 2.17. The Morgan fingerprint density at radius 3 is 2.62 bits per heavy atom. The van der Waals surface area contributed by atoms with Crippen molar-refractivity contribution in [3.63, 3.8) is 0 Å². The molecular formula is C15H27N3O2S. The fourth-order valence-electron chi connectivity index (χ4n) is 2.85. The van der Waals surface area contributed by atoms with Crippen LogP contribution in [0.5, 0.6) is 0 Å². The van der Waals surface area contributed by atoms with Gasteiger partial charge in [0.05, 0.1) is 18.1 Å². The molecule has 6 heteroatoms. The molecule has 2 heterocycles. The fourth-order valence-corrected chi connectivity index (χ4v) is 4.71. The molecule has 0 aromatic carbocycles. The monoisotopic (exact) mass is 313 g/mol. The summed E-state index contributed by atoms with van der Waals surface area (Å²) in [6.07, 6.45) is 4.45. The summed E-state index contributed by atoms with van der Waals surface area (Å²) in [6, 6.07) is 0. The number of nitrogens with zero attached hydrogens (tertiary/aromatic N) is 2. The van der Waals surface area contributed by atoms with Gasteiger partial charge in [0.25, 0.3) is 0 Å². The lowest BCUT2D eigenvalue weighted by molar-refractivity contribution is 0.329. The molecule has 2 aliphatic heterocycles. The van der Waals surface area contributed by atoms with Crippen LogP contribution < -0.4 is 5.32 Å². The second-order valence-electron chi connectivity index (χ2n) is 6.29. The number of aliphatic imine (C=N–C) groups is 1. The van der Waals surface area contributed by atoms with Crippen molar-refractivity contribution < 1.29 is 8.42 Å². The zero-order valence-electron chi connectivity index (χ0n) is 13.0. The summed E-state index contributed by atoms with van der Waals surface area (Å²) in [5.74, 6) is 1.78. The maximum Gasteiger partial charge on any atom is 0.194 e. The van der Waals surface area contributed by atoms with Crippen molar-refractivity contribution in [2.24, 2.45) is 10.9 Å². The third kappa shape index (κ3) is 5.34. The fraction of sp³-hybridized carbons (Fsp3) is 0.800. The van der Waals surface area contributed by atoms with Crippen LogP contribution in [0.25, 0.3) is 0 Å². The highest BCUT2D eigenvalue weighted by molar-refractivity contribution is 7.91. The van der Waals surface area contributed by atoms with Crippen molar-refractivity contribution in [1.82, 2.24) is 10.2 Å². The van der Waals surface area contributed by atoms with E-state index in [-0.39, 0.29) is 5.92 Å². The number of hydrogen-bond donors (Lipinski definition) is 1. The number of sulfone groups is 1. The molecule has 1 unspecified atom stereocenters. The van der Waals surface area contributed by atoms with Crippen LogP contribution in [0.1, 0.15) is 32.6 Å². The first-order valence-electron chi connectivity index (χ1n) is 7.84. The van der Waals surface area contributed by atoms with E-state index in [1.165, 1.54) is 19.3 Å². The molecule has 0 aromatic rings. The Kier molecular flexibility index (Phi) is 5.67. The minimum Gasteiger partial charge on any atom is -0.356 e. The van der Waals surface area contributed by atoms with Crippen LogP contribution in [0.4, 0.5) is 0 Å². The summed E-state index contributed by atoms with van der Waals surface area (Å²) in [4.78, 5) is 6.91. The molecule has 21 heavy (non-hydrogen) atoms. The van der Waals surface area contributed by atoms with E-state index in [0.29, 0.717) is 24.6 Å². The number of guanidine groups is 1. The minimum atomic E-state index is -2.80. The van der Waals surface area contributed by atoms with E-state index in [2.05, 4.69) is 21.8 Å². The largest absolute Gasteiger partial charge is 0.356 e. The number of likely N-dealkylation sites (tertiary alicyclic amines) is 1. The van der Waals surface area contributed by atoms with Crippen molar-refractivity contribution >= 4 is 15.8 Å². The normalized spacial score (nSPS) is 25.9. The standard InChI is InChI=1S/C15H27N3O2S/c1-13(2)10-16-15(18-7-4-3-5-8-18)17-11-14-6-9-21(19,20)12-14/h14H,1,3-12H2,2H3,(H,16,17). The first-order chi connectivity index (χ1) is 9.96. The molecule has 0 amide bonds. The molecule has 120 valence electrons. The van der Waals surface area contributed by atoms with Crippen molar-refractivity contribution in [1.29, 1.82) is 0 Å². The summed E-state index contributed by atoms with van der Waals surface area (Å²) in [5, 5.41) is 3.39. The number of piperidine rings is 1. The quantitative estimate of drug-likeness (QED) is 0.484. The zero-order chi connectivity index (χ0) is 15.3. The average molecular weight is 313 g/mol. The van der Waals surface area contributed by atoms with Crippen molar-refractivity contribution in [3.8, 4) is 0 Å². The summed E-state index contributed by atoms with van der Waals surface area (Å²) >= 11 is 0. The molecule has 0 spiro atoms. The van der Waals surface area contributed by atoms with E-state index in [0.717, 1.165) is 31.0 Å². The first-order valence-corrected chi connectivity index (χ1v) is 9.66. The van der Waals surface area contributed by atoms with E-state index in [1.54, 1.807) is 0 Å². The molecule has 2 rings (SSSR count). The van der Waals surface area contributed by atoms with Gasteiger partial charge < -0.3 is 10.2 Å². The van der Waals surface area contributed by atoms with E-state index in [1.807, 2.05) is 6.92 Å². The molecule has 0 aliphatic carbocycles. The zero-order valence-corrected chi connectivity index (χ0v) is 13.8. The highest BCUT2D eigenvalue weighted by Gasteiger charge is 2.28. The topological polar surface area (TPSA) is 61.8 Å². The van der Waals surface area contributed by atoms with E-state index < -0.39 is 9.84 Å². The lowest BCUT2D eigenvalue weighted by Crippen LogP contribution is -2.45. The van der Waals surface area contributed by atoms with Crippen LogP contribution in [0.15, 0.2) is 17.1 Å². The maximum absolute atomic E-state index is 11.5. The molecule has 2 saturated heterocycles. The van der Waals surface area contributed by atoms with Gasteiger partial charge in [0.15, 0.2) is 15.8 Å². The highest BCUT2D eigenvalue weighted by atomic mass is 32.2. The second-order valence-corrected chi connectivity index (χ2v) is 8.52. The van der Waals surface area contributed by atoms with E-state index >= 15 is 0 Å². The van der Waals surface area contributed by atoms with Crippen LogP contribution in [0, 0.1) is 5.92 Å². The van der Waals surface area contributed by atoms with Crippen molar-refractivity contribution in [2.45, 2.75) is 32.6 Å². The lowest BCUT2D eigenvalue weighted by atomic mass is 10.1. The van der Waals surface area contributed by atoms with E-state index in [4.69, 9.17) is 0 Å². The Hall–Kier alpha value is -1.04. The Morgan fingerprint density at radius 1 is 1.33 bits per heavy atom. The molecule has 0 radical (unpaired) electrons. The van der Waals surface area contributed by atoms with Gasteiger partial charge in [0.2, 0.25) is 0 Å². The molecule has 2 aliphatic rings. The van der Waals surface area contributed by atoms with Gasteiger partial charge >= 0.3 is 0 Å². The molecule has 1 atom stereocenters. The summed E-state index contributed by atoms with van der Waals surface area (Å²) < 4.78 is 23.0. The average Bonchev–Trinajstić information content (AvgIpc) is 2.79. The van der Waals surface area contributed by atoms with Crippen LogP contribution in [-0.4, -0.2) is 57.0 Å². The Labute approximate surface area is 128 Å². The van der Waals surface area contributed by atoms with Crippen LogP contribution in [0.2, 0.25) is 0 Å². The van der Waals surface area contributed by atoms with Gasteiger partial charge in [-0.3, -0.25) is 0 Å². The number of hydrogen-bond acceptors (Lipinski definition) is 3. The summed E-state index contributed by atoms with van der Waals surface area (Å²) in [5.41, 5.74) is 1.04. The van der Waals surface area contributed by atoms with Crippen molar-refractivity contribution in [3.05, 3.63) is 12.2 Å². The molecule has 0 aromatic heterocycles.